The van der Waals surface area contributed by atoms with E-state index in [4.69, 9.17) is 0 Å². The van der Waals surface area contributed by atoms with Crippen molar-refractivity contribution >= 4 is 11.6 Å². The summed E-state index contributed by atoms with van der Waals surface area (Å²) >= 11 is 0. The molecule has 0 fully saturated rings. The van der Waals surface area contributed by atoms with Crippen molar-refractivity contribution in [3.8, 4) is 0 Å². The molecule has 1 aliphatic rings. The van der Waals surface area contributed by atoms with E-state index < -0.39 is 12.5 Å². The molecule has 1 heterocycles. The van der Waals surface area contributed by atoms with Gasteiger partial charge < -0.3 is 10.4 Å². The number of aryl methyl sites for hydroxylation is 1. The van der Waals surface area contributed by atoms with Gasteiger partial charge in [-0.15, -0.1) is 0 Å². The number of fused-ring (bicyclic) bond motifs is 1. The van der Waals surface area contributed by atoms with Gasteiger partial charge in [0, 0.05) is 12.1 Å². The van der Waals surface area contributed by atoms with Crippen LogP contribution in [-0.2, 0) is 11.2 Å². The zero-order valence-corrected chi connectivity index (χ0v) is 8.41. The lowest BCUT2D eigenvalue weighted by molar-refractivity contribution is -0.116. The van der Waals surface area contributed by atoms with Gasteiger partial charge in [0.25, 0.3) is 6.43 Å². The first kappa shape index (κ1) is 11.0. The van der Waals surface area contributed by atoms with Crippen LogP contribution >= 0.6 is 0 Å². The zero-order valence-electron chi connectivity index (χ0n) is 8.41. The van der Waals surface area contributed by atoms with E-state index in [0.29, 0.717) is 18.5 Å². The van der Waals surface area contributed by atoms with E-state index in [1.54, 1.807) is 6.07 Å². The highest BCUT2D eigenvalue weighted by atomic mass is 19.3. The summed E-state index contributed by atoms with van der Waals surface area (Å²) in [6.45, 7) is 0. The van der Waals surface area contributed by atoms with Crippen molar-refractivity contribution in [2.45, 2.75) is 25.4 Å². The Morgan fingerprint density at radius 3 is 2.75 bits per heavy atom. The Bertz CT molecular complexity index is 420. The van der Waals surface area contributed by atoms with Crippen LogP contribution in [-0.4, -0.2) is 17.4 Å². The summed E-state index contributed by atoms with van der Waals surface area (Å²) in [5.74, 6) is -0.0744. The first-order valence-corrected chi connectivity index (χ1v) is 4.97. The topological polar surface area (TPSA) is 49.3 Å². The number of aliphatic hydroxyl groups is 1. The Hall–Kier alpha value is -1.49. The molecule has 0 saturated heterocycles. The number of carbonyl (C=O) groups excluding carboxylic acids is 1. The van der Waals surface area contributed by atoms with Crippen LogP contribution in [0.15, 0.2) is 18.2 Å². The maximum Gasteiger partial charge on any atom is 0.268 e. The number of nitrogens with one attached hydrogen (secondary N) is 1. The third kappa shape index (κ3) is 2.04. The van der Waals surface area contributed by atoms with Crippen molar-refractivity contribution in [2.24, 2.45) is 0 Å². The molecular weight excluding hydrogens is 216 g/mol. The van der Waals surface area contributed by atoms with Gasteiger partial charge in [0.15, 0.2) is 0 Å². The third-order valence-electron chi connectivity index (χ3n) is 2.60. The van der Waals surface area contributed by atoms with Crippen LogP contribution in [0.2, 0.25) is 0 Å². The normalized spacial score (nSPS) is 16.9. The van der Waals surface area contributed by atoms with Gasteiger partial charge in [-0.1, -0.05) is 12.1 Å². The quantitative estimate of drug-likeness (QED) is 0.810. The molecular formula is C11H11F2NO2. The van der Waals surface area contributed by atoms with E-state index in [1.807, 2.05) is 0 Å². The molecule has 0 spiro atoms. The fraction of sp³-hybridized carbons (Fsp3) is 0.364. The van der Waals surface area contributed by atoms with Crippen molar-refractivity contribution in [1.29, 1.82) is 0 Å². The van der Waals surface area contributed by atoms with Gasteiger partial charge in [0.05, 0.1) is 0 Å². The zero-order chi connectivity index (χ0) is 11.7. The van der Waals surface area contributed by atoms with Gasteiger partial charge >= 0.3 is 0 Å². The van der Waals surface area contributed by atoms with Gasteiger partial charge in [-0.05, 0) is 23.6 Å². The Kier molecular flexibility index (Phi) is 2.87. The highest BCUT2D eigenvalue weighted by Crippen LogP contribution is 2.28. The molecule has 0 radical (unpaired) electrons. The van der Waals surface area contributed by atoms with Gasteiger partial charge in [-0.3, -0.25) is 4.79 Å². The van der Waals surface area contributed by atoms with Crippen LogP contribution in [0, 0.1) is 0 Å². The maximum atomic E-state index is 12.3. The third-order valence-corrected chi connectivity index (χ3v) is 2.60. The van der Waals surface area contributed by atoms with Crippen LogP contribution in [0.5, 0.6) is 0 Å². The second-order valence-corrected chi connectivity index (χ2v) is 3.74. The number of carbonyl (C=O) groups is 1. The molecule has 1 unspecified atom stereocenters. The molecule has 1 aliphatic heterocycles. The molecule has 3 nitrogen and oxygen atoms in total. The lowest BCUT2D eigenvalue weighted by atomic mass is 9.98. The molecule has 1 amide bonds. The smallest absolute Gasteiger partial charge is 0.268 e. The number of rotatable bonds is 2. The number of hydrogen-bond acceptors (Lipinski definition) is 2. The minimum Gasteiger partial charge on any atom is -0.382 e. The van der Waals surface area contributed by atoms with Crippen LogP contribution in [0.3, 0.4) is 0 Å². The van der Waals surface area contributed by atoms with E-state index in [1.165, 1.54) is 12.1 Å². The number of hydrogen-bond donors (Lipinski definition) is 2. The Morgan fingerprint density at radius 2 is 2.06 bits per heavy atom. The lowest BCUT2D eigenvalue weighted by Crippen LogP contribution is -2.19. The van der Waals surface area contributed by atoms with E-state index in [0.717, 1.165) is 5.56 Å². The Balaban J connectivity index is 2.29. The fourth-order valence-electron chi connectivity index (χ4n) is 1.73. The minimum atomic E-state index is -2.80. The van der Waals surface area contributed by atoms with E-state index >= 15 is 0 Å². The SMILES string of the molecule is O=C1CCc2cc(C(O)C(F)F)ccc2N1. The van der Waals surface area contributed by atoms with Crippen molar-refractivity contribution in [3.05, 3.63) is 29.3 Å². The summed E-state index contributed by atoms with van der Waals surface area (Å²) in [5.41, 5.74) is 1.61. The summed E-state index contributed by atoms with van der Waals surface area (Å²) in [7, 11) is 0. The average Bonchev–Trinajstić information content (AvgIpc) is 2.27. The van der Waals surface area contributed by atoms with Crippen LogP contribution in [0.25, 0.3) is 0 Å². The largest absolute Gasteiger partial charge is 0.382 e. The van der Waals surface area contributed by atoms with Gasteiger partial charge in [0.1, 0.15) is 6.10 Å². The van der Waals surface area contributed by atoms with Gasteiger partial charge in [-0.25, -0.2) is 8.78 Å². The van der Waals surface area contributed by atoms with Crippen molar-refractivity contribution < 1.29 is 18.7 Å². The second-order valence-electron chi connectivity index (χ2n) is 3.74. The van der Waals surface area contributed by atoms with Crippen molar-refractivity contribution in [2.75, 3.05) is 5.32 Å². The molecule has 2 rings (SSSR count). The van der Waals surface area contributed by atoms with Crippen LogP contribution in [0.1, 0.15) is 23.7 Å². The number of benzene rings is 1. The summed E-state index contributed by atoms with van der Waals surface area (Å²) < 4.78 is 24.6. The van der Waals surface area contributed by atoms with Crippen molar-refractivity contribution in [3.63, 3.8) is 0 Å². The van der Waals surface area contributed by atoms with Crippen molar-refractivity contribution in [1.82, 2.24) is 0 Å². The standard InChI is InChI=1S/C11H11F2NO2/c12-11(13)10(16)7-1-3-8-6(5-7)2-4-9(15)14-8/h1,3,5,10-11,16H,2,4H2,(H,14,15). The Labute approximate surface area is 91.1 Å². The monoisotopic (exact) mass is 227 g/mol. The number of halogens is 2. The molecule has 1 aromatic rings. The van der Waals surface area contributed by atoms with E-state index in [-0.39, 0.29) is 11.5 Å². The number of amides is 1. The predicted octanol–water partition coefficient (Wildman–Crippen LogP) is 1.87. The molecule has 16 heavy (non-hydrogen) atoms. The highest BCUT2D eigenvalue weighted by molar-refractivity contribution is 5.93. The number of aliphatic hydroxyl groups excluding tert-OH is 1. The van der Waals surface area contributed by atoms with E-state index in [9.17, 15) is 18.7 Å². The highest BCUT2D eigenvalue weighted by Gasteiger charge is 2.21. The molecule has 1 atom stereocenters. The first-order valence-electron chi connectivity index (χ1n) is 4.97. The molecule has 0 bridgehead atoms. The van der Waals surface area contributed by atoms with Crippen LogP contribution < -0.4 is 5.32 Å². The average molecular weight is 227 g/mol. The summed E-state index contributed by atoms with van der Waals surface area (Å²) in [6.07, 6.45) is -3.69. The molecule has 0 aromatic heterocycles. The fourth-order valence-corrected chi connectivity index (χ4v) is 1.73. The molecule has 0 aliphatic carbocycles. The van der Waals surface area contributed by atoms with Gasteiger partial charge in [0.2, 0.25) is 5.91 Å². The lowest BCUT2D eigenvalue weighted by Gasteiger charge is -2.19. The van der Waals surface area contributed by atoms with Crippen LogP contribution in [0.4, 0.5) is 14.5 Å². The summed E-state index contributed by atoms with van der Waals surface area (Å²) in [4.78, 5) is 11.1. The summed E-state index contributed by atoms with van der Waals surface area (Å²) in [6, 6.07) is 4.47. The van der Waals surface area contributed by atoms with E-state index in [2.05, 4.69) is 5.32 Å². The second kappa shape index (κ2) is 4.17. The molecule has 1 aromatic carbocycles. The predicted molar refractivity (Wildman–Crippen MR) is 54.4 cm³/mol. The molecule has 0 saturated carbocycles. The summed E-state index contributed by atoms with van der Waals surface area (Å²) in [5, 5.41) is 11.9. The van der Waals surface area contributed by atoms with Gasteiger partial charge in [-0.2, -0.15) is 0 Å². The minimum absolute atomic E-state index is 0.0744. The first-order chi connectivity index (χ1) is 7.58. The number of alkyl halides is 2. The molecule has 2 N–H and O–H groups in total. The molecule has 86 valence electrons. The Morgan fingerprint density at radius 1 is 1.31 bits per heavy atom. The molecule has 5 heteroatoms. The number of anilines is 1. The maximum absolute atomic E-state index is 12.3.